The van der Waals surface area contributed by atoms with Crippen molar-refractivity contribution in [3.05, 3.63) is 14.5 Å². The Morgan fingerprint density at radius 2 is 2.00 bits per heavy atom. The second-order valence-corrected chi connectivity index (χ2v) is 4.43. The summed E-state index contributed by atoms with van der Waals surface area (Å²) in [5, 5.41) is 8.85. The van der Waals surface area contributed by atoms with Gasteiger partial charge in [0.1, 0.15) is 9.61 Å². The van der Waals surface area contributed by atoms with Crippen molar-refractivity contribution >= 4 is 27.3 Å². The summed E-state index contributed by atoms with van der Waals surface area (Å²) in [6.45, 7) is 1.46. The van der Waals surface area contributed by atoms with Gasteiger partial charge in [0.2, 0.25) is 6.17 Å². The molecule has 2 unspecified atom stereocenters. The van der Waals surface area contributed by atoms with Gasteiger partial charge in [-0.3, -0.25) is 0 Å². The summed E-state index contributed by atoms with van der Waals surface area (Å²) in [4.78, 5) is 3.92. The van der Waals surface area contributed by atoms with Gasteiger partial charge in [0, 0.05) is 0 Å². The second kappa shape index (κ2) is 4.59. The number of aliphatic hydroxyl groups is 1. The van der Waals surface area contributed by atoms with Gasteiger partial charge < -0.3 is 5.11 Å². The van der Waals surface area contributed by atoms with E-state index in [-0.39, 0.29) is 9.61 Å². The third-order valence-electron chi connectivity index (χ3n) is 1.46. The number of rotatable bonds is 3. The summed E-state index contributed by atoms with van der Waals surface area (Å²) in [5.41, 5.74) is 0. The van der Waals surface area contributed by atoms with Gasteiger partial charge >= 0.3 is 0 Å². The van der Waals surface area contributed by atoms with Crippen molar-refractivity contribution in [3.63, 3.8) is 0 Å². The zero-order valence-corrected chi connectivity index (χ0v) is 9.45. The van der Waals surface area contributed by atoms with E-state index in [1.165, 1.54) is 6.92 Å². The number of hydrogen-bond acceptors (Lipinski definition) is 3. The first-order valence-electron chi connectivity index (χ1n) is 3.70. The van der Waals surface area contributed by atoms with Crippen LogP contribution < -0.4 is 0 Å². The Kier molecular flexibility index (Phi) is 3.91. The smallest absolute Gasteiger partial charge is 0.275 e. The molecule has 0 aliphatic rings. The van der Waals surface area contributed by atoms with Crippen molar-refractivity contribution in [2.75, 3.05) is 0 Å². The lowest BCUT2D eigenvalue weighted by Gasteiger charge is -2.01. The zero-order valence-electron chi connectivity index (χ0n) is 7.05. The van der Waals surface area contributed by atoms with Gasteiger partial charge in [-0.1, -0.05) is 0 Å². The van der Waals surface area contributed by atoms with E-state index in [4.69, 9.17) is 5.11 Å². The maximum absolute atomic E-state index is 12.8. The van der Waals surface area contributed by atoms with Gasteiger partial charge in [0.05, 0.1) is 11.0 Å². The molecule has 0 saturated heterocycles. The van der Waals surface area contributed by atoms with Crippen LogP contribution in [0.3, 0.4) is 0 Å². The Labute approximate surface area is 90.9 Å². The molecule has 0 amide bonds. The van der Waals surface area contributed by atoms with Crippen LogP contribution in [0.25, 0.3) is 0 Å². The molecule has 0 saturated carbocycles. The minimum Gasteiger partial charge on any atom is -0.388 e. The van der Waals surface area contributed by atoms with E-state index in [0.717, 1.165) is 11.3 Å². The number of thiazole rings is 1. The molecular formula is C7H7BrF3NOS. The maximum Gasteiger partial charge on any atom is 0.275 e. The molecule has 0 aliphatic carbocycles. The van der Waals surface area contributed by atoms with E-state index < -0.39 is 18.7 Å². The van der Waals surface area contributed by atoms with Crippen LogP contribution in [-0.4, -0.2) is 16.5 Å². The third-order valence-corrected chi connectivity index (χ3v) is 3.61. The fourth-order valence-corrected chi connectivity index (χ4v) is 2.57. The molecule has 7 heteroatoms. The lowest BCUT2D eigenvalue weighted by atomic mass is 10.4. The van der Waals surface area contributed by atoms with E-state index in [2.05, 4.69) is 20.9 Å². The van der Waals surface area contributed by atoms with Crippen molar-refractivity contribution < 1.29 is 18.3 Å². The van der Waals surface area contributed by atoms with Crippen LogP contribution in [0.4, 0.5) is 13.2 Å². The highest BCUT2D eigenvalue weighted by Gasteiger charge is 2.27. The number of nitrogens with zero attached hydrogens (tertiary/aromatic N) is 1. The Morgan fingerprint density at radius 1 is 1.43 bits per heavy atom. The lowest BCUT2D eigenvalue weighted by molar-refractivity contribution is 0.0494. The van der Waals surface area contributed by atoms with Crippen LogP contribution in [0.15, 0.2) is 4.60 Å². The summed E-state index contributed by atoms with van der Waals surface area (Å²) in [6.07, 6.45) is -6.32. The average molecular weight is 290 g/mol. The molecule has 1 heterocycles. The van der Waals surface area contributed by atoms with E-state index in [1.807, 2.05) is 0 Å². The topological polar surface area (TPSA) is 33.1 Å². The number of hydrogen-bond donors (Lipinski definition) is 1. The van der Waals surface area contributed by atoms with Crippen LogP contribution in [0, 0.1) is 0 Å². The van der Waals surface area contributed by atoms with Crippen LogP contribution >= 0.6 is 27.3 Å². The quantitative estimate of drug-likeness (QED) is 0.927. The summed E-state index contributed by atoms with van der Waals surface area (Å²) >= 11 is 3.70. The standard InChI is InChI=1S/C7H7BrF3NOS/c1-2(13)4-5(8)12-7(14-4)3(9)6(10)11/h2-3,6,13H,1H3. The molecule has 2 nitrogen and oxygen atoms in total. The molecule has 2 atom stereocenters. The summed E-state index contributed by atoms with van der Waals surface area (Å²) < 4.78 is 37.0. The van der Waals surface area contributed by atoms with Gasteiger partial charge in [-0.05, 0) is 22.9 Å². The Hall–Kier alpha value is -0.140. The van der Waals surface area contributed by atoms with E-state index >= 15 is 0 Å². The lowest BCUT2D eigenvalue weighted by Crippen LogP contribution is -2.02. The summed E-state index contributed by atoms with van der Waals surface area (Å²) in [5.74, 6) is 0. The molecule has 80 valence electrons. The molecule has 1 rings (SSSR count). The summed E-state index contributed by atoms with van der Waals surface area (Å²) in [6, 6.07) is 0. The highest BCUT2D eigenvalue weighted by atomic mass is 79.9. The molecular weight excluding hydrogens is 283 g/mol. The van der Waals surface area contributed by atoms with Gasteiger partial charge in [-0.25, -0.2) is 18.2 Å². The van der Waals surface area contributed by atoms with E-state index in [1.54, 1.807) is 0 Å². The average Bonchev–Trinajstić information content (AvgIpc) is 2.45. The first-order chi connectivity index (χ1) is 6.43. The monoisotopic (exact) mass is 289 g/mol. The molecule has 1 aromatic heterocycles. The first-order valence-corrected chi connectivity index (χ1v) is 5.30. The van der Waals surface area contributed by atoms with Gasteiger partial charge in [-0.2, -0.15) is 0 Å². The van der Waals surface area contributed by atoms with Crippen molar-refractivity contribution in [3.8, 4) is 0 Å². The molecule has 0 fully saturated rings. The van der Waals surface area contributed by atoms with Crippen molar-refractivity contribution in [2.45, 2.75) is 25.6 Å². The minimum atomic E-state index is -3.09. The van der Waals surface area contributed by atoms with Crippen molar-refractivity contribution in [1.82, 2.24) is 4.98 Å². The van der Waals surface area contributed by atoms with E-state index in [9.17, 15) is 13.2 Å². The molecule has 0 spiro atoms. The molecule has 0 radical (unpaired) electrons. The molecule has 14 heavy (non-hydrogen) atoms. The Morgan fingerprint density at radius 3 is 2.36 bits per heavy atom. The van der Waals surface area contributed by atoms with Crippen molar-refractivity contribution in [2.24, 2.45) is 0 Å². The fraction of sp³-hybridized carbons (Fsp3) is 0.571. The van der Waals surface area contributed by atoms with Crippen molar-refractivity contribution in [1.29, 1.82) is 0 Å². The predicted molar refractivity (Wildman–Crippen MR) is 50.3 cm³/mol. The molecule has 1 aromatic rings. The molecule has 0 bridgehead atoms. The van der Waals surface area contributed by atoms with Gasteiger partial charge in [-0.15, -0.1) is 11.3 Å². The van der Waals surface area contributed by atoms with Gasteiger partial charge in [0.15, 0.2) is 0 Å². The minimum absolute atomic E-state index is 0.218. The maximum atomic E-state index is 12.8. The SMILES string of the molecule is CC(O)c1sc(C(F)C(F)F)nc1Br. The van der Waals surface area contributed by atoms with E-state index in [0.29, 0.717) is 4.88 Å². The van der Waals surface area contributed by atoms with Crippen LogP contribution in [0.5, 0.6) is 0 Å². The normalized spacial score (nSPS) is 15.9. The third kappa shape index (κ3) is 2.46. The molecule has 0 aliphatic heterocycles. The molecule has 1 N–H and O–H groups in total. The Bertz CT molecular complexity index is 318. The summed E-state index contributed by atoms with van der Waals surface area (Å²) in [7, 11) is 0. The largest absolute Gasteiger partial charge is 0.388 e. The van der Waals surface area contributed by atoms with Gasteiger partial charge in [0.25, 0.3) is 6.43 Å². The highest BCUT2D eigenvalue weighted by molar-refractivity contribution is 9.10. The van der Waals surface area contributed by atoms with Crippen LogP contribution in [0.1, 0.15) is 29.1 Å². The molecule has 0 aromatic carbocycles. The number of halogens is 4. The highest BCUT2D eigenvalue weighted by Crippen LogP contribution is 2.35. The Balaban J connectivity index is 2.96. The number of aromatic nitrogens is 1. The first kappa shape index (κ1) is 11.9. The zero-order chi connectivity index (χ0) is 10.9. The fourth-order valence-electron chi connectivity index (χ4n) is 0.813. The van der Waals surface area contributed by atoms with Crippen LogP contribution in [0.2, 0.25) is 0 Å². The van der Waals surface area contributed by atoms with Crippen LogP contribution in [-0.2, 0) is 0 Å². The second-order valence-electron chi connectivity index (χ2n) is 2.62. The number of alkyl halides is 3. The predicted octanol–water partition coefficient (Wildman–Crippen LogP) is 3.23. The number of aliphatic hydroxyl groups excluding tert-OH is 1.